The van der Waals surface area contributed by atoms with E-state index in [9.17, 15) is 0 Å². The molecule has 0 aliphatic heterocycles. The van der Waals surface area contributed by atoms with Crippen molar-refractivity contribution >= 4 is 49.6 Å². The van der Waals surface area contributed by atoms with Gasteiger partial charge < -0.3 is 9.32 Å². The molecule has 0 amide bonds. The van der Waals surface area contributed by atoms with Crippen LogP contribution in [0.2, 0.25) is 0 Å². The Morgan fingerprint density at radius 1 is 0.273 bits per heavy atom. The van der Waals surface area contributed by atoms with E-state index in [1.54, 1.807) is 0 Å². The summed E-state index contributed by atoms with van der Waals surface area (Å²) in [6.45, 7) is 0. The molecular weight excluding hydrogens is 799 g/mol. The number of benzene rings is 11. The summed E-state index contributed by atoms with van der Waals surface area (Å²) in [5, 5.41) is 6.08. The van der Waals surface area contributed by atoms with E-state index in [0.717, 1.165) is 78.3 Å². The highest BCUT2D eigenvalue weighted by atomic mass is 16.3. The van der Waals surface area contributed by atoms with E-state index < -0.39 is 0 Å². The third kappa shape index (κ3) is 7.21. The molecule has 0 fully saturated rings. The fourth-order valence-electron chi connectivity index (χ4n) is 9.59. The highest BCUT2D eigenvalue weighted by Crippen LogP contribution is 2.44. The molecule has 1 heterocycles. The van der Waals surface area contributed by atoms with Crippen LogP contribution in [0.3, 0.4) is 0 Å². The van der Waals surface area contributed by atoms with Crippen LogP contribution in [-0.4, -0.2) is 0 Å². The van der Waals surface area contributed by atoms with E-state index in [1.807, 2.05) is 12.1 Å². The van der Waals surface area contributed by atoms with Crippen LogP contribution < -0.4 is 4.90 Å². The number of nitrogens with zero attached hydrogens (tertiary/aromatic N) is 1. The van der Waals surface area contributed by atoms with Gasteiger partial charge in [0.25, 0.3) is 0 Å². The number of hydrogen-bond donors (Lipinski definition) is 0. The van der Waals surface area contributed by atoms with Gasteiger partial charge in [0.2, 0.25) is 0 Å². The Balaban J connectivity index is 0.892. The van der Waals surface area contributed by atoms with Gasteiger partial charge >= 0.3 is 0 Å². The summed E-state index contributed by atoms with van der Waals surface area (Å²) in [5.74, 6) is 0.885. The number of anilines is 3. The second-order valence-corrected chi connectivity index (χ2v) is 16.9. The standard InChI is InChI=1S/C64H43NO/c1-3-14-44(15-4-1)45-30-32-50(33-31-45)59-22-9-11-24-61(59)65(56-40-41-58-53(43-56)35-34-49-16-7-8-21-57(49)58)55-38-36-47(37-39-55)46-26-28-48(29-27-46)52-19-13-20-54(42-52)64-63(51-17-5-2-6-18-51)60-23-10-12-25-62(60)66-64/h1-43H. The summed E-state index contributed by atoms with van der Waals surface area (Å²) in [7, 11) is 0. The van der Waals surface area contributed by atoms with Gasteiger partial charge in [0.1, 0.15) is 11.3 Å². The highest BCUT2D eigenvalue weighted by Gasteiger charge is 2.20. The Bertz CT molecular complexity index is 3660. The van der Waals surface area contributed by atoms with Crippen LogP contribution in [0, 0.1) is 0 Å². The van der Waals surface area contributed by atoms with Crippen LogP contribution in [0.4, 0.5) is 17.1 Å². The van der Waals surface area contributed by atoms with Crippen LogP contribution >= 0.6 is 0 Å². The lowest BCUT2D eigenvalue weighted by atomic mass is 9.95. The summed E-state index contributed by atoms with van der Waals surface area (Å²) in [6, 6.07) is 93.7. The molecule has 1 aromatic heterocycles. The summed E-state index contributed by atoms with van der Waals surface area (Å²) in [5.41, 5.74) is 16.9. The maximum absolute atomic E-state index is 6.57. The highest BCUT2D eigenvalue weighted by molar-refractivity contribution is 6.09. The molecule has 12 rings (SSSR count). The fourth-order valence-corrected chi connectivity index (χ4v) is 9.59. The molecule has 0 spiro atoms. The Labute approximate surface area is 384 Å². The predicted molar refractivity (Wildman–Crippen MR) is 279 cm³/mol. The molecule has 0 N–H and O–H groups in total. The molecule has 0 aliphatic rings. The minimum absolute atomic E-state index is 0.885. The first-order chi connectivity index (χ1) is 32.7. The second-order valence-electron chi connectivity index (χ2n) is 16.9. The van der Waals surface area contributed by atoms with E-state index in [4.69, 9.17) is 4.42 Å². The topological polar surface area (TPSA) is 16.4 Å². The first kappa shape index (κ1) is 38.9. The van der Waals surface area contributed by atoms with Crippen molar-refractivity contribution in [2.24, 2.45) is 0 Å². The molecule has 66 heavy (non-hydrogen) atoms. The molecule has 11 aromatic carbocycles. The van der Waals surface area contributed by atoms with Gasteiger partial charge in [-0.15, -0.1) is 0 Å². The van der Waals surface area contributed by atoms with Gasteiger partial charge in [-0.1, -0.05) is 218 Å². The SMILES string of the molecule is c1ccc(-c2ccc(-c3ccccc3N(c3ccc(-c4ccc(-c5cccc(-c6oc7ccccc7c6-c6ccccc6)c5)cc4)cc3)c3ccc4c(ccc5ccccc54)c3)cc2)cc1. The smallest absolute Gasteiger partial charge is 0.143 e. The summed E-state index contributed by atoms with van der Waals surface area (Å²) in [6.07, 6.45) is 0. The molecule has 310 valence electrons. The fraction of sp³-hybridized carbons (Fsp3) is 0. The van der Waals surface area contributed by atoms with Crippen molar-refractivity contribution in [3.63, 3.8) is 0 Å². The number of furan rings is 1. The first-order valence-electron chi connectivity index (χ1n) is 22.6. The normalized spacial score (nSPS) is 11.3. The quantitative estimate of drug-likeness (QED) is 0.135. The van der Waals surface area contributed by atoms with Gasteiger partial charge in [-0.2, -0.15) is 0 Å². The molecule has 2 nitrogen and oxygen atoms in total. The van der Waals surface area contributed by atoms with E-state index in [0.29, 0.717) is 0 Å². The third-order valence-electron chi connectivity index (χ3n) is 12.9. The zero-order valence-electron chi connectivity index (χ0n) is 36.2. The molecule has 0 bridgehead atoms. The van der Waals surface area contributed by atoms with E-state index >= 15 is 0 Å². The van der Waals surface area contributed by atoms with E-state index in [-0.39, 0.29) is 0 Å². The summed E-state index contributed by atoms with van der Waals surface area (Å²) < 4.78 is 6.57. The number of rotatable bonds is 9. The summed E-state index contributed by atoms with van der Waals surface area (Å²) in [4.78, 5) is 2.40. The van der Waals surface area contributed by atoms with Gasteiger partial charge in [-0.3, -0.25) is 0 Å². The molecule has 0 saturated carbocycles. The van der Waals surface area contributed by atoms with Crippen LogP contribution in [-0.2, 0) is 0 Å². The Kier molecular flexibility index (Phi) is 9.89. The van der Waals surface area contributed by atoms with Crippen molar-refractivity contribution in [3.05, 3.63) is 261 Å². The maximum Gasteiger partial charge on any atom is 0.143 e. The number of para-hydroxylation sites is 2. The molecule has 12 aromatic rings. The molecule has 0 unspecified atom stereocenters. The zero-order valence-corrected chi connectivity index (χ0v) is 36.2. The first-order valence-corrected chi connectivity index (χ1v) is 22.6. The molecule has 2 heteroatoms. The summed E-state index contributed by atoms with van der Waals surface area (Å²) >= 11 is 0. The number of hydrogen-bond acceptors (Lipinski definition) is 2. The van der Waals surface area contributed by atoms with Crippen molar-refractivity contribution < 1.29 is 4.42 Å². The van der Waals surface area contributed by atoms with Crippen LogP contribution in [0.15, 0.2) is 265 Å². The van der Waals surface area contributed by atoms with Crippen molar-refractivity contribution in [1.82, 2.24) is 0 Å². The third-order valence-corrected chi connectivity index (χ3v) is 12.9. The van der Waals surface area contributed by atoms with Crippen LogP contribution in [0.1, 0.15) is 0 Å². The van der Waals surface area contributed by atoms with Crippen molar-refractivity contribution in [2.75, 3.05) is 4.90 Å². The molecule has 0 atom stereocenters. The van der Waals surface area contributed by atoms with Gasteiger partial charge in [0.05, 0.1) is 5.69 Å². The minimum atomic E-state index is 0.885. The minimum Gasteiger partial charge on any atom is -0.455 e. The second kappa shape index (κ2) is 16.8. The van der Waals surface area contributed by atoms with Gasteiger partial charge in [-0.05, 0) is 109 Å². The average Bonchev–Trinajstić information content (AvgIpc) is 3.80. The van der Waals surface area contributed by atoms with Crippen LogP contribution in [0.25, 0.3) is 99.5 Å². The van der Waals surface area contributed by atoms with E-state index in [2.05, 4.69) is 254 Å². The van der Waals surface area contributed by atoms with Crippen LogP contribution in [0.5, 0.6) is 0 Å². The van der Waals surface area contributed by atoms with Crippen molar-refractivity contribution in [1.29, 1.82) is 0 Å². The lowest BCUT2D eigenvalue weighted by molar-refractivity contribution is 0.632. The maximum atomic E-state index is 6.57. The molecular formula is C64H43NO. The largest absolute Gasteiger partial charge is 0.455 e. The van der Waals surface area contributed by atoms with Crippen molar-refractivity contribution in [2.45, 2.75) is 0 Å². The molecule has 0 radical (unpaired) electrons. The molecule has 0 saturated heterocycles. The Morgan fingerprint density at radius 2 is 0.773 bits per heavy atom. The monoisotopic (exact) mass is 841 g/mol. The van der Waals surface area contributed by atoms with Gasteiger partial charge in [0.15, 0.2) is 0 Å². The number of fused-ring (bicyclic) bond motifs is 4. The predicted octanol–water partition coefficient (Wildman–Crippen LogP) is 18.2. The van der Waals surface area contributed by atoms with Gasteiger partial charge in [-0.25, -0.2) is 0 Å². The Hall–Kier alpha value is -8.72. The average molecular weight is 842 g/mol. The lowest BCUT2D eigenvalue weighted by Gasteiger charge is -2.28. The Morgan fingerprint density at radius 3 is 1.52 bits per heavy atom. The van der Waals surface area contributed by atoms with E-state index in [1.165, 1.54) is 38.2 Å². The van der Waals surface area contributed by atoms with Crippen molar-refractivity contribution in [3.8, 4) is 67.0 Å². The zero-order chi connectivity index (χ0) is 43.8. The molecule has 0 aliphatic carbocycles. The lowest BCUT2D eigenvalue weighted by Crippen LogP contribution is -2.11. The van der Waals surface area contributed by atoms with Gasteiger partial charge in [0, 0.05) is 33.5 Å².